The average molecular weight is 291 g/mol. The highest BCUT2D eigenvalue weighted by Crippen LogP contribution is 2.36. The van der Waals surface area contributed by atoms with Gasteiger partial charge in [0.2, 0.25) is 0 Å². The molecule has 5 heteroatoms. The van der Waals surface area contributed by atoms with Crippen LogP contribution in [0.25, 0.3) is 11.0 Å². The van der Waals surface area contributed by atoms with Crippen LogP contribution >= 0.6 is 0 Å². The molecule has 22 heavy (non-hydrogen) atoms. The molecule has 2 heterocycles. The average Bonchev–Trinajstić information content (AvgIpc) is 3.06. The fraction of sp³-hybridized carbons (Fsp3) is 0.118. The Morgan fingerprint density at radius 1 is 1.05 bits per heavy atom. The Bertz CT molecular complexity index is 921. The lowest BCUT2D eigenvalue weighted by atomic mass is 10.1. The van der Waals surface area contributed by atoms with Crippen molar-refractivity contribution in [2.75, 3.05) is 4.90 Å². The maximum Gasteiger partial charge on any atom is 0.266 e. The fourth-order valence-corrected chi connectivity index (χ4v) is 2.96. The number of benzene rings is 2. The number of hydrogen-bond acceptors (Lipinski definition) is 3. The second-order valence-corrected chi connectivity index (χ2v) is 5.46. The van der Waals surface area contributed by atoms with Crippen molar-refractivity contribution in [3.8, 4) is 0 Å². The van der Waals surface area contributed by atoms with E-state index in [1.165, 1.54) is 4.90 Å². The van der Waals surface area contributed by atoms with Gasteiger partial charge < -0.3 is 4.98 Å². The highest BCUT2D eigenvalue weighted by atomic mass is 16.2. The van der Waals surface area contributed by atoms with Gasteiger partial charge in [0, 0.05) is 0 Å². The molecule has 0 aliphatic carbocycles. The van der Waals surface area contributed by atoms with Gasteiger partial charge in [-0.15, -0.1) is 0 Å². The molecule has 0 fully saturated rings. The molecule has 0 saturated carbocycles. The van der Waals surface area contributed by atoms with Crippen molar-refractivity contribution >= 4 is 28.5 Å². The van der Waals surface area contributed by atoms with Crippen LogP contribution in [0.3, 0.4) is 0 Å². The van der Waals surface area contributed by atoms with Crippen molar-refractivity contribution in [2.24, 2.45) is 0 Å². The molecule has 0 saturated heterocycles. The number of imide groups is 1. The summed E-state index contributed by atoms with van der Waals surface area (Å²) in [6, 6.07) is 8.87. The van der Waals surface area contributed by atoms with Gasteiger partial charge >= 0.3 is 0 Å². The van der Waals surface area contributed by atoms with Gasteiger partial charge in [0.15, 0.2) is 0 Å². The maximum absolute atomic E-state index is 12.7. The van der Waals surface area contributed by atoms with Crippen LogP contribution in [0.2, 0.25) is 0 Å². The zero-order valence-electron chi connectivity index (χ0n) is 12.2. The van der Waals surface area contributed by atoms with Crippen LogP contribution in [0.5, 0.6) is 0 Å². The molecule has 1 aliphatic rings. The Morgan fingerprint density at radius 2 is 1.68 bits per heavy atom. The number of anilines is 1. The summed E-state index contributed by atoms with van der Waals surface area (Å²) in [6.07, 6.45) is 1.57. The van der Waals surface area contributed by atoms with Gasteiger partial charge in [-0.3, -0.25) is 9.59 Å². The van der Waals surface area contributed by atoms with Gasteiger partial charge in [0.1, 0.15) is 5.52 Å². The van der Waals surface area contributed by atoms with Gasteiger partial charge in [-0.2, -0.15) is 0 Å². The fourth-order valence-electron chi connectivity index (χ4n) is 2.96. The number of aryl methyl sites for hydroxylation is 1. The monoisotopic (exact) mass is 291 g/mol. The topological polar surface area (TPSA) is 66.1 Å². The van der Waals surface area contributed by atoms with E-state index in [4.69, 9.17) is 0 Å². The number of nitrogens with zero attached hydrogens (tertiary/aromatic N) is 2. The number of imidazole rings is 1. The van der Waals surface area contributed by atoms with Crippen LogP contribution in [-0.2, 0) is 0 Å². The second-order valence-electron chi connectivity index (χ2n) is 5.46. The van der Waals surface area contributed by atoms with Crippen LogP contribution in [0.15, 0.2) is 36.7 Å². The van der Waals surface area contributed by atoms with Gasteiger partial charge in [-0.05, 0) is 43.2 Å². The molecule has 0 bridgehead atoms. The molecule has 4 rings (SSSR count). The van der Waals surface area contributed by atoms with E-state index in [9.17, 15) is 9.59 Å². The van der Waals surface area contributed by atoms with Crippen molar-refractivity contribution in [1.82, 2.24) is 9.97 Å². The molecule has 0 unspecified atom stereocenters. The summed E-state index contributed by atoms with van der Waals surface area (Å²) >= 11 is 0. The Balaban J connectivity index is 2.02. The minimum atomic E-state index is -0.293. The Morgan fingerprint density at radius 3 is 2.32 bits per heavy atom. The second kappa shape index (κ2) is 4.27. The number of rotatable bonds is 1. The summed E-state index contributed by atoms with van der Waals surface area (Å²) in [5.74, 6) is -0.586. The summed E-state index contributed by atoms with van der Waals surface area (Å²) in [5.41, 5.74) is 4.79. The summed E-state index contributed by atoms with van der Waals surface area (Å²) < 4.78 is 0. The number of aromatic amines is 1. The number of amides is 2. The number of carbonyl (C=O) groups is 2. The molecule has 108 valence electrons. The predicted octanol–water partition coefficient (Wildman–Crippen LogP) is 2.98. The Hall–Kier alpha value is -2.95. The number of carbonyl (C=O) groups excluding carboxylic acids is 2. The van der Waals surface area contributed by atoms with E-state index < -0.39 is 0 Å². The summed E-state index contributed by atoms with van der Waals surface area (Å²) in [4.78, 5) is 34.0. The Labute approximate surface area is 126 Å². The number of nitrogens with one attached hydrogen (secondary N) is 1. The normalized spacial score (nSPS) is 14.0. The minimum Gasteiger partial charge on any atom is -0.345 e. The first-order chi connectivity index (χ1) is 10.6. The van der Waals surface area contributed by atoms with Crippen LogP contribution < -0.4 is 4.90 Å². The van der Waals surface area contributed by atoms with Gasteiger partial charge in [-0.1, -0.05) is 12.1 Å². The largest absolute Gasteiger partial charge is 0.345 e. The van der Waals surface area contributed by atoms with Crippen LogP contribution in [0, 0.1) is 13.8 Å². The van der Waals surface area contributed by atoms with E-state index in [0.29, 0.717) is 22.3 Å². The minimum absolute atomic E-state index is 0.293. The first kappa shape index (κ1) is 12.8. The zero-order valence-corrected chi connectivity index (χ0v) is 12.2. The van der Waals surface area contributed by atoms with Gasteiger partial charge in [0.05, 0.1) is 28.7 Å². The quantitative estimate of drug-likeness (QED) is 0.701. The first-order valence-electron chi connectivity index (χ1n) is 7.00. The highest BCUT2D eigenvalue weighted by Gasteiger charge is 2.38. The summed E-state index contributed by atoms with van der Waals surface area (Å²) in [7, 11) is 0. The van der Waals surface area contributed by atoms with Gasteiger partial charge in [-0.25, -0.2) is 9.88 Å². The van der Waals surface area contributed by atoms with E-state index >= 15 is 0 Å². The number of hydrogen-bond donors (Lipinski definition) is 1. The van der Waals surface area contributed by atoms with Crippen LogP contribution in [0.4, 0.5) is 5.69 Å². The third-order valence-electron chi connectivity index (χ3n) is 4.22. The SMILES string of the molecule is Cc1cc2[nH]cnc2c(N2C(=O)c3ccccc3C2=O)c1C. The third kappa shape index (κ3) is 1.50. The summed E-state index contributed by atoms with van der Waals surface area (Å²) in [6.45, 7) is 3.86. The molecule has 1 N–H and O–H groups in total. The van der Waals surface area contributed by atoms with E-state index in [-0.39, 0.29) is 11.8 Å². The lowest BCUT2D eigenvalue weighted by Crippen LogP contribution is -2.30. The van der Waals surface area contributed by atoms with Crippen molar-refractivity contribution in [3.63, 3.8) is 0 Å². The number of H-pyrrole nitrogens is 1. The van der Waals surface area contributed by atoms with E-state index in [1.54, 1.807) is 30.6 Å². The third-order valence-corrected chi connectivity index (χ3v) is 4.22. The highest BCUT2D eigenvalue weighted by molar-refractivity contribution is 6.36. The van der Waals surface area contributed by atoms with Crippen molar-refractivity contribution in [1.29, 1.82) is 0 Å². The molecular formula is C17H13N3O2. The smallest absolute Gasteiger partial charge is 0.266 e. The molecule has 0 radical (unpaired) electrons. The maximum atomic E-state index is 12.7. The van der Waals surface area contributed by atoms with Gasteiger partial charge in [0.25, 0.3) is 11.8 Å². The number of aromatic nitrogens is 2. The molecule has 5 nitrogen and oxygen atoms in total. The molecule has 0 spiro atoms. The molecule has 1 aliphatic heterocycles. The molecule has 2 aromatic carbocycles. The molecule has 3 aromatic rings. The number of fused-ring (bicyclic) bond motifs is 2. The predicted molar refractivity (Wildman–Crippen MR) is 83.1 cm³/mol. The molecule has 2 amide bonds. The van der Waals surface area contributed by atoms with E-state index in [1.807, 2.05) is 19.9 Å². The standard InChI is InChI=1S/C17H13N3O2/c1-9-7-13-14(19-8-18-13)15(10(9)2)20-16(21)11-5-3-4-6-12(11)17(20)22/h3-8H,1-2H3,(H,18,19). The summed E-state index contributed by atoms with van der Waals surface area (Å²) in [5, 5.41) is 0. The first-order valence-corrected chi connectivity index (χ1v) is 7.00. The molecule has 0 atom stereocenters. The van der Waals surface area contributed by atoms with Crippen molar-refractivity contribution < 1.29 is 9.59 Å². The van der Waals surface area contributed by atoms with E-state index in [0.717, 1.165) is 16.6 Å². The van der Waals surface area contributed by atoms with Crippen LogP contribution in [-0.4, -0.2) is 21.8 Å². The van der Waals surface area contributed by atoms with Crippen molar-refractivity contribution in [2.45, 2.75) is 13.8 Å². The van der Waals surface area contributed by atoms with Crippen molar-refractivity contribution in [3.05, 3.63) is 58.9 Å². The van der Waals surface area contributed by atoms with Crippen LogP contribution in [0.1, 0.15) is 31.8 Å². The Kier molecular flexibility index (Phi) is 2.48. The molecule has 1 aromatic heterocycles. The zero-order chi connectivity index (χ0) is 15.4. The van der Waals surface area contributed by atoms with E-state index in [2.05, 4.69) is 9.97 Å². The lowest BCUT2D eigenvalue weighted by Gasteiger charge is -2.18. The molecular weight excluding hydrogens is 278 g/mol. The lowest BCUT2D eigenvalue weighted by molar-refractivity contribution is 0.0926.